The van der Waals surface area contributed by atoms with Crippen LogP contribution < -0.4 is 0 Å². The lowest BCUT2D eigenvalue weighted by Crippen LogP contribution is -2.28. The summed E-state index contributed by atoms with van der Waals surface area (Å²) in [6.45, 7) is 8.52. The van der Waals surface area contributed by atoms with Gasteiger partial charge in [-0.3, -0.25) is 4.79 Å². The van der Waals surface area contributed by atoms with Crippen LogP contribution in [0.1, 0.15) is 13.8 Å². The Morgan fingerprint density at radius 1 is 1.67 bits per heavy atom. The summed E-state index contributed by atoms with van der Waals surface area (Å²) in [6.07, 6.45) is 1.28. The molecule has 0 radical (unpaired) electrons. The van der Waals surface area contributed by atoms with Crippen LogP contribution in [0.3, 0.4) is 0 Å². The highest BCUT2D eigenvalue weighted by molar-refractivity contribution is 5.86. The van der Waals surface area contributed by atoms with Crippen molar-refractivity contribution in [1.29, 1.82) is 0 Å². The predicted octanol–water partition coefficient (Wildman–Crippen LogP) is 1.26. The van der Waals surface area contributed by atoms with Gasteiger partial charge in [0, 0.05) is 7.05 Å². The lowest BCUT2D eigenvalue weighted by molar-refractivity contribution is -0.129. The Hall–Kier alpha value is -0.830. The summed E-state index contributed by atoms with van der Waals surface area (Å²) in [7, 11) is 1.68. The summed E-state index contributed by atoms with van der Waals surface area (Å²) in [5, 5.41) is 0. The zero-order chi connectivity index (χ0) is 9.56. The Morgan fingerprint density at radius 2 is 2.25 bits per heavy atom. The lowest BCUT2D eigenvalue weighted by atomic mass is 10.2. The number of likely N-dealkylation sites (N-methyl/N-ethyl adjacent to an activating group) is 1. The second-order valence-corrected chi connectivity index (χ2v) is 3.13. The maximum Gasteiger partial charge on any atom is 0.247 e. The summed E-state index contributed by atoms with van der Waals surface area (Å²) in [5.41, 5.74) is 0. The molecule has 12 heavy (non-hydrogen) atoms. The Bertz CT molecular complexity index is 155. The quantitative estimate of drug-likeness (QED) is 0.460. The van der Waals surface area contributed by atoms with Gasteiger partial charge in [0.1, 0.15) is 6.73 Å². The van der Waals surface area contributed by atoms with Crippen LogP contribution in [-0.4, -0.2) is 31.2 Å². The van der Waals surface area contributed by atoms with E-state index >= 15 is 0 Å². The summed E-state index contributed by atoms with van der Waals surface area (Å²) < 4.78 is 5.24. The zero-order valence-electron chi connectivity index (χ0n) is 8.04. The van der Waals surface area contributed by atoms with E-state index in [0.29, 0.717) is 19.3 Å². The van der Waals surface area contributed by atoms with Crippen molar-refractivity contribution in [2.75, 3.05) is 20.4 Å². The van der Waals surface area contributed by atoms with E-state index in [-0.39, 0.29) is 5.91 Å². The molecule has 3 heteroatoms. The second kappa shape index (κ2) is 5.77. The molecule has 0 unspecified atom stereocenters. The van der Waals surface area contributed by atoms with Crippen molar-refractivity contribution in [2.45, 2.75) is 13.8 Å². The third-order valence-corrected chi connectivity index (χ3v) is 1.29. The molecule has 70 valence electrons. The summed E-state index contributed by atoms with van der Waals surface area (Å²) in [5.74, 6) is 0.385. The maximum absolute atomic E-state index is 10.9. The third kappa shape index (κ3) is 4.91. The molecule has 0 N–H and O–H groups in total. The minimum atomic E-state index is -0.112. The molecule has 0 saturated carbocycles. The molecular formula is C9H17NO2. The van der Waals surface area contributed by atoms with Gasteiger partial charge in [-0.15, -0.1) is 0 Å². The van der Waals surface area contributed by atoms with Crippen LogP contribution in [0.25, 0.3) is 0 Å². The van der Waals surface area contributed by atoms with Crippen molar-refractivity contribution in [3.63, 3.8) is 0 Å². The van der Waals surface area contributed by atoms with Crippen LogP contribution in [0.5, 0.6) is 0 Å². The first kappa shape index (κ1) is 11.2. The fourth-order valence-electron chi connectivity index (χ4n) is 0.645. The average Bonchev–Trinajstić information content (AvgIpc) is 2.02. The van der Waals surface area contributed by atoms with E-state index in [1.807, 2.05) is 0 Å². The molecule has 0 aromatic rings. The van der Waals surface area contributed by atoms with E-state index < -0.39 is 0 Å². The molecule has 0 rings (SSSR count). The molecule has 0 aromatic heterocycles. The van der Waals surface area contributed by atoms with Crippen LogP contribution in [0.4, 0.5) is 0 Å². The van der Waals surface area contributed by atoms with Gasteiger partial charge in [-0.25, -0.2) is 0 Å². The second-order valence-electron chi connectivity index (χ2n) is 3.13. The van der Waals surface area contributed by atoms with Crippen LogP contribution in [0.15, 0.2) is 12.7 Å². The normalized spacial score (nSPS) is 10.0. The molecule has 0 heterocycles. The highest BCUT2D eigenvalue weighted by Gasteiger charge is 2.03. The van der Waals surface area contributed by atoms with E-state index in [9.17, 15) is 4.79 Å². The van der Waals surface area contributed by atoms with E-state index in [1.165, 1.54) is 11.0 Å². The van der Waals surface area contributed by atoms with Gasteiger partial charge in [-0.2, -0.15) is 0 Å². The minimum absolute atomic E-state index is 0.112. The van der Waals surface area contributed by atoms with Crippen LogP contribution in [-0.2, 0) is 9.53 Å². The number of nitrogens with zero attached hydrogens (tertiary/aromatic N) is 1. The molecule has 0 saturated heterocycles. The molecule has 0 atom stereocenters. The molecule has 0 aromatic carbocycles. The van der Waals surface area contributed by atoms with Crippen molar-refractivity contribution >= 4 is 5.91 Å². The van der Waals surface area contributed by atoms with E-state index in [0.717, 1.165) is 0 Å². The number of hydrogen-bond acceptors (Lipinski definition) is 2. The van der Waals surface area contributed by atoms with E-state index in [2.05, 4.69) is 20.4 Å². The summed E-state index contributed by atoms with van der Waals surface area (Å²) >= 11 is 0. The van der Waals surface area contributed by atoms with Gasteiger partial charge in [0.05, 0.1) is 6.61 Å². The van der Waals surface area contributed by atoms with Crippen molar-refractivity contribution < 1.29 is 9.53 Å². The zero-order valence-corrected chi connectivity index (χ0v) is 8.04. The van der Waals surface area contributed by atoms with Gasteiger partial charge in [-0.05, 0) is 12.0 Å². The summed E-state index contributed by atoms with van der Waals surface area (Å²) in [6, 6.07) is 0. The highest BCUT2D eigenvalue weighted by Crippen LogP contribution is 1.94. The molecular weight excluding hydrogens is 154 g/mol. The van der Waals surface area contributed by atoms with Gasteiger partial charge in [-0.1, -0.05) is 20.4 Å². The van der Waals surface area contributed by atoms with Crippen molar-refractivity contribution in [3.05, 3.63) is 12.7 Å². The molecule has 1 amide bonds. The van der Waals surface area contributed by atoms with Gasteiger partial charge >= 0.3 is 0 Å². The van der Waals surface area contributed by atoms with Gasteiger partial charge in [0.2, 0.25) is 5.91 Å². The minimum Gasteiger partial charge on any atom is -0.361 e. The molecule has 3 nitrogen and oxygen atoms in total. The van der Waals surface area contributed by atoms with Crippen LogP contribution in [0, 0.1) is 5.92 Å². The van der Waals surface area contributed by atoms with E-state index in [4.69, 9.17) is 4.74 Å². The van der Waals surface area contributed by atoms with Crippen molar-refractivity contribution in [2.24, 2.45) is 5.92 Å². The van der Waals surface area contributed by atoms with Crippen LogP contribution in [0.2, 0.25) is 0 Å². The van der Waals surface area contributed by atoms with Gasteiger partial charge < -0.3 is 9.64 Å². The topological polar surface area (TPSA) is 29.5 Å². The number of carbonyl (C=O) groups is 1. The van der Waals surface area contributed by atoms with E-state index in [1.54, 1.807) is 7.05 Å². The smallest absolute Gasteiger partial charge is 0.247 e. The number of amides is 1. The standard InChI is InChI=1S/C9H17NO2/c1-5-9(11)10(4)7-12-6-8(2)3/h5,8H,1,6-7H2,2-4H3. The molecule has 0 fully saturated rings. The average molecular weight is 171 g/mol. The largest absolute Gasteiger partial charge is 0.361 e. The first-order chi connectivity index (χ1) is 5.57. The first-order valence-electron chi connectivity index (χ1n) is 4.03. The lowest BCUT2D eigenvalue weighted by Gasteiger charge is -2.15. The third-order valence-electron chi connectivity index (χ3n) is 1.29. The fourth-order valence-corrected chi connectivity index (χ4v) is 0.645. The number of ether oxygens (including phenoxy) is 1. The highest BCUT2D eigenvalue weighted by atomic mass is 16.5. The Kier molecular flexibility index (Phi) is 5.37. The monoisotopic (exact) mass is 171 g/mol. The molecule has 0 bridgehead atoms. The number of carbonyl (C=O) groups excluding carboxylic acids is 1. The Labute approximate surface area is 74.0 Å². The molecule has 0 aliphatic rings. The van der Waals surface area contributed by atoms with Gasteiger partial charge in [0.25, 0.3) is 0 Å². The number of hydrogen-bond donors (Lipinski definition) is 0. The van der Waals surface area contributed by atoms with Crippen molar-refractivity contribution in [1.82, 2.24) is 4.90 Å². The molecule has 0 spiro atoms. The Morgan fingerprint density at radius 3 is 2.67 bits per heavy atom. The maximum atomic E-state index is 10.9. The fraction of sp³-hybridized carbons (Fsp3) is 0.667. The first-order valence-corrected chi connectivity index (χ1v) is 4.03. The SMILES string of the molecule is C=CC(=O)N(C)COCC(C)C. The molecule has 0 aliphatic heterocycles. The van der Waals surface area contributed by atoms with Crippen LogP contribution >= 0.6 is 0 Å². The predicted molar refractivity (Wildman–Crippen MR) is 48.6 cm³/mol. The van der Waals surface area contributed by atoms with Crippen molar-refractivity contribution in [3.8, 4) is 0 Å². The summed E-state index contributed by atoms with van der Waals surface area (Å²) in [4.78, 5) is 12.4. The number of rotatable bonds is 5. The molecule has 0 aliphatic carbocycles. The van der Waals surface area contributed by atoms with Gasteiger partial charge in [0.15, 0.2) is 0 Å². The Balaban J connectivity index is 3.50.